The van der Waals surface area contributed by atoms with Gasteiger partial charge in [0, 0.05) is 12.1 Å². The standard InChI is InChI=1S/C19H21NO5S/c1-14-11-15-5-2-3-6-17(15)20(14)26(21,22)10-4-9-23-16-7-8-18-19(12-16)25-13-24-18/h2-3,5-8,12,14H,4,9-11,13H2,1H3/t14-/m0/s1. The zero-order valence-electron chi connectivity index (χ0n) is 14.6. The van der Waals surface area contributed by atoms with Crippen molar-refractivity contribution in [2.24, 2.45) is 0 Å². The minimum atomic E-state index is -3.38. The van der Waals surface area contributed by atoms with Crippen LogP contribution in [0.3, 0.4) is 0 Å². The van der Waals surface area contributed by atoms with E-state index < -0.39 is 10.0 Å². The van der Waals surface area contributed by atoms with Gasteiger partial charge in [-0.2, -0.15) is 0 Å². The predicted octanol–water partition coefficient (Wildman–Crippen LogP) is 2.97. The van der Waals surface area contributed by atoms with Crippen LogP contribution >= 0.6 is 0 Å². The number of anilines is 1. The fraction of sp³-hybridized carbons (Fsp3) is 0.368. The van der Waals surface area contributed by atoms with Crippen molar-refractivity contribution in [1.82, 2.24) is 0 Å². The number of para-hydroxylation sites is 1. The highest BCUT2D eigenvalue weighted by Gasteiger charge is 2.34. The summed E-state index contributed by atoms with van der Waals surface area (Å²) >= 11 is 0. The zero-order chi connectivity index (χ0) is 18.1. The van der Waals surface area contributed by atoms with E-state index in [1.807, 2.05) is 31.2 Å². The topological polar surface area (TPSA) is 65.1 Å². The Kier molecular flexibility index (Phi) is 4.40. The summed E-state index contributed by atoms with van der Waals surface area (Å²) in [7, 11) is -3.38. The van der Waals surface area contributed by atoms with E-state index in [9.17, 15) is 8.42 Å². The lowest BCUT2D eigenvalue weighted by molar-refractivity contribution is 0.173. The fourth-order valence-corrected chi connectivity index (χ4v) is 5.24. The van der Waals surface area contributed by atoms with Crippen molar-refractivity contribution in [1.29, 1.82) is 0 Å². The van der Waals surface area contributed by atoms with E-state index in [0.717, 1.165) is 17.7 Å². The third-order valence-electron chi connectivity index (χ3n) is 4.60. The van der Waals surface area contributed by atoms with Gasteiger partial charge in [-0.15, -0.1) is 0 Å². The molecule has 26 heavy (non-hydrogen) atoms. The highest BCUT2D eigenvalue weighted by molar-refractivity contribution is 7.92. The Morgan fingerprint density at radius 3 is 2.85 bits per heavy atom. The summed E-state index contributed by atoms with van der Waals surface area (Å²) in [5, 5.41) is 0. The molecule has 0 saturated heterocycles. The van der Waals surface area contributed by atoms with Gasteiger partial charge < -0.3 is 14.2 Å². The summed E-state index contributed by atoms with van der Waals surface area (Å²) in [6.07, 6.45) is 1.17. The molecule has 0 saturated carbocycles. The Morgan fingerprint density at radius 2 is 1.96 bits per heavy atom. The average molecular weight is 375 g/mol. The van der Waals surface area contributed by atoms with Gasteiger partial charge in [0.15, 0.2) is 11.5 Å². The molecule has 0 bridgehead atoms. The van der Waals surface area contributed by atoms with Crippen molar-refractivity contribution < 1.29 is 22.6 Å². The Labute approximate surface area is 153 Å². The normalized spacial score (nSPS) is 18.0. The first kappa shape index (κ1) is 17.0. The molecule has 2 aromatic rings. The van der Waals surface area contributed by atoms with Crippen LogP contribution < -0.4 is 18.5 Å². The SMILES string of the molecule is C[C@H]1Cc2ccccc2N1S(=O)(=O)CCCOc1ccc2c(c1)OCO2. The van der Waals surface area contributed by atoms with E-state index in [-0.39, 0.29) is 18.6 Å². The molecule has 0 spiro atoms. The molecule has 0 fully saturated rings. The molecule has 0 radical (unpaired) electrons. The van der Waals surface area contributed by atoms with Crippen molar-refractivity contribution in [3.8, 4) is 17.2 Å². The summed E-state index contributed by atoms with van der Waals surface area (Å²) in [4.78, 5) is 0. The second kappa shape index (κ2) is 6.72. The maximum atomic E-state index is 12.8. The van der Waals surface area contributed by atoms with Gasteiger partial charge in [0.1, 0.15) is 5.75 Å². The largest absolute Gasteiger partial charge is 0.493 e. The van der Waals surface area contributed by atoms with Gasteiger partial charge in [-0.1, -0.05) is 18.2 Å². The lowest BCUT2D eigenvalue weighted by atomic mass is 10.1. The molecule has 0 N–H and O–H groups in total. The highest BCUT2D eigenvalue weighted by atomic mass is 32.2. The summed E-state index contributed by atoms with van der Waals surface area (Å²) in [6.45, 7) is 2.48. The van der Waals surface area contributed by atoms with E-state index in [4.69, 9.17) is 14.2 Å². The van der Waals surface area contributed by atoms with Crippen molar-refractivity contribution in [3.63, 3.8) is 0 Å². The molecule has 0 aliphatic carbocycles. The fourth-order valence-electron chi connectivity index (χ4n) is 3.46. The molecule has 4 rings (SSSR count). The van der Waals surface area contributed by atoms with Crippen LogP contribution in [0, 0.1) is 0 Å². The molecule has 2 heterocycles. The molecule has 0 amide bonds. The van der Waals surface area contributed by atoms with Gasteiger partial charge in [0.25, 0.3) is 0 Å². The van der Waals surface area contributed by atoms with Crippen LogP contribution in [0.2, 0.25) is 0 Å². The zero-order valence-corrected chi connectivity index (χ0v) is 15.4. The Hall–Kier alpha value is -2.41. The van der Waals surface area contributed by atoms with Crippen molar-refractivity contribution in [2.45, 2.75) is 25.8 Å². The molecule has 2 aliphatic heterocycles. The van der Waals surface area contributed by atoms with Crippen molar-refractivity contribution >= 4 is 15.7 Å². The minimum Gasteiger partial charge on any atom is -0.493 e. The molecule has 2 aromatic carbocycles. The minimum absolute atomic E-state index is 0.0489. The van der Waals surface area contributed by atoms with Crippen LogP contribution in [-0.2, 0) is 16.4 Å². The number of hydrogen-bond donors (Lipinski definition) is 0. The maximum absolute atomic E-state index is 12.8. The summed E-state index contributed by atoms with van der Waals surface area (Å²) in [6, 6.07) is 13.0. The quantitative estimate of drug-likeness (QED) is 0.727. The van der Waals surface area contributed by atoms with Gasteiger partial charge >= 0.3 is 0 Å². The lowest BCUT2D eigenvalue weighted by Crippen LogP contribution is -2.37. The molecule has 0 unspecified atom stereocenters. The predicted molar refractivity (Wildman–Crippen MR) is 98.6 cm³/mol. The number of nitrogens with zero attached hydrogens (tertiary/aromatic N) is 1. The van der Waals surface area contributed by atoms with E-state index in [1.165, 1.54) is 0 Å². The second-order valence-electron chi connectivity index (χ2n) is 6.51. The van der Waals surface area contributed by atoms with E-state index in [1.54, 1.807) is 22.5 Å². The summed E-state index contributed by atoms with van der Waals surface area (Å²) in [5.41, 5.74) is 1.89. The van der Waals surface area contributed by atoms with Crippen LogP contribution in [0.5, 0.6) is 17.2 Å². The Morgan fingerprint density at radius 1 is 1.15 bits per heavy atom. The van der Waals surface area contributed by atoms with Crippen LogP contribution in [0.4, 0.5) is 5.69 Å². The van der Waals surface area contributed by atoms with Gasteiger partial charge in [-0.05, 0) is 43.5 Å². The third-order valence-corrected chi connectivity index (χ3v) is 6.56. The maximum Gasteiger partial charge on any atom is 0.235 e. The van der Waals surface area contributed by atoms with Gasteiger partial charge in [0.2, 0.25) is 16.8 Å². The number of fused-ring (bicyclic) bond motifs is 2. The van der Waals surface area contributed by atoms with E-state index in [2.05, 4.69) is 0 Å². The Balaban J connectivity index is 1.36. The van der Waals surface area contributed by atoms with Crippen molar-refractivity contribution in [2.75, 3.05) is 23.5 Å². The first-order chi connectivity index (χ1) is 12.5. The molecule has 2 aliphatic rings. The number of hydrogen-bond acceptors (Lipinski definition) is 5. The number of ether oxygens (including phenoxy) is 3. The Bertz CT molecular complexity index is 912. The first-order valence-electron chi connectivity index (χ1n) is 8.67. The molecule has 7 heteroatoms. The van der Waals surface area contributed by atoms with Crippen LogP contribution in [-0.4, -0.2) is 33.6 Å². The van der Waals surface area contributed by atoms with Crippen LogP contribution in [0.15, 0.2) is 42.5 Å². The van der Waals surface area contributed by atoms with Gasteiger partial charge in [0.05, 0.1) is 18.0 Å². The smallest absolute Gasteiger partial charge is 0.235 e. The van der Waals surface area contributed by atoms with Crippen molar-refractivity contribution in [3.05, 3.63) is 48.0 Å². The molecule has 138 valence electrons. The second-order valence-corrected chi connectivity index (χ2v) is 8.48. The number of sulfonamides is 1. The van der Waals surface area contributed by atoms with Gasteiger partial charge in [-0.3, -0.25) is 4.31 Å². The molecular weight excluding hydrogens is 354 g/mol. The van der Waals surface area contributed by atoms with Crippen LogP contribution in [0.25, 0.3) is 0 Å². The molecule has 0 aromatic heterocycles. The first-order valence-corrected chi connectivity index (χ1v) is 10.3. The molecule has 1 atom stereocenters. The highest BCUT2D eigenvalue weighted by Crippen LogP contribution is 2.36. The molecule has 6 nitrogen and oxygen atoms in total. The number of benzene rings is 2. The van der Waals surface area contributed by atoms with Crippen LogP contribution in [0.1, 0.15) is 18.9 Å². The summed E-state index contributed by atoms with van der Waals surface area (Å²) in [5.74, 6) is 2.04. The van der Waals surface area contributed by atoms with Gasteiger partial charge in [-0.25, -0.2) is 8.42 Å². The average Bonchev–Trinajstić information content (AvgIpc) is 3.21. The van der Waals surface area contributed by atoms with E-state index in [0.29, 0.717) is 30.3 Å². The van der Waals surface area contributed by atoms with E-state index >= 15 is 0 Å². The number of rotatable bonds is 6. The third kappa shape index (κ3) is 3.19. The monoisotopic (exact) mass is 375 g/mol. The summed E-state index contributed by atoms with van der Waals surface area (Å²) < 4.78 is 43.4. The molecular formula is C19H21NO5S. The lowest BCUT2D eigenvalue weighted by Gasteiger charge is -2.24.